The number of anilines is 4. The van der Waals surface area contributed by atoms with Gasteiger partial charge in [-0.05, 0) is 98.9 Å². The molecule has 1 aliphatic rings. The van der Waals surface area contributed by atoms with Crippen LogP contribution < -0.4 is 14.5 Å². The van der Waals surface area contributed by atoms with Crippen molar-refractivity contribution in [3.05, 3.63) is 193 Å². The van der Waals surface area contributed by atoms with Crippen LogP contribution in [0.4, 0.5) is 22.7 Å². The summed E-state index contributed by atoms with van der Waals surface area (Å²) in [4.78, 5) is 9.27. The van der Waals surface area contributed by atoms with Gasteiger partial charge in [0.2, 0.25) is 0 Å². The van der Waals surface area contributed by atoms with Gasteiger partial charge >= 0.3 is 0 Å². The van der Waals surface area contributed by atoms with Crippen LogP contribution in [0.1, 0.15) is 90.0 Å². The quantitative estimate of drug-likeness (QED) is 0.156. The first-order valence-electron chi connectivity index (χ1n) is 26.3. The normalized spacial score (nSPS) is 14.9. The minimum Gasteiger partial charge on any atom is -0.509 e. The van der Waals surface area contributed by atoms with Crippen molar-refractivity contribution < 1.29 is 36.8 Å². The van der Waals surface area contributed by atoms with E-state index in [9.17, 15) is 2.74 Å². The van der Waals surface area contributed by atoms with Crippen molar-refractivity contribution in [3.8, 4) is 23.0 Å². The van der Waals surface area contributed by atoms with E-state index in [-0.39, 0.29) is 71.2 Å². The molecule has 0 amide bonds. The van der Waals surface area contributed by atoms with Crippen molar-refractivity contribution >= 4 is 66.4 Å². The molecule has 7 aromatic carbocycles. The van der Waals surface area contributed by atoms with E-state index in [0.29, 0.717) is 44.8 Å². The Labute approximate surface area is 420 Å². The molecule has 338 valence electrons. The molecule has 4 heterocycles. The number of fused-ring (bicyclic) bond motifs is 7. The zero-order chi connectivity index (χ0) is 52.7. The van der Waals surface area contributed by atoms with Gasteiger partial charge in [0.15, 0.2) is 0 Å². The first-order valence-corrected chi connectivity index (χ1v) is 22.3. The summed E-state index contributed by atoms with van der Waals surface area (Å²) in [5.41, 5.74) is 8.83. The number of hydrogen-bond donors (Lipinski definition) is 0. The van der Waals surface area contributed by atoms with Gasteiger partial charge in [-0.15, -0.1) is 42.7 Å². The molecule has 0 N–H and O–H groups in total. The van der Waals surface area contributed by atoms with Gasteiger partial charge in [-0.3, -0.25) is 0 Å². The molecular formula is C60H54N5OPt-3. The maximum atomic E-state index is 9.26. The predicted molar refractivity (Wildman–Crippen MR) is 275 cm³/mol. The number of aromatic nitrogens is 3. The van der Waals surface area contributed by atoms with Crippen LogP contribution in [-0.2, 0) is 37.3 Å². The van der Waals surface area contributed by atoms with Crippen LogP contribution in [0.3, 0.4) is 0 Å². The predicted octanol–water partition coefficient (Wildman–Crippen LogP) is 16.0. The number of nitrogens with zero attached hydrogens (tertiary/aromatic N) is 5. The third-order valence-electron chi connectivity index (χ3n) is 12.6. The summed E-state index contributed by atoms with van der Waals surface area (Å²) in [6.07, 6.45) is 1.78. The molecule has 0 radical (unpaired) electrons. The SMILES string of the molecule is [2H]c1c([2H])c([2H])c2c(c1[2H])c1c([2H])c([2H])c([2H])c([2H])c1n2-c1cccc2c1c1ccc(Oc3[c-]c(N4[CH-]N(c5cc(C(C)(C)C)cc(C(C)(C)C)c5)c5ccccc54)ccc3)[c-]c1n2-c1cc(C(C)(C)C)ccn1.[Pt]. The van der Waals surface area contributed by atoms with Gasteiger partial charge in [0, 0.05) is 77.8 Å². The minimum absolute atomic E-state index is 0. The first-order chi connectivity index (χ1) is 34.9. The van der Waals surface area contributed by atoms with Crippen molar-refractivity contribution in [1.29, 1.82) is 0 Å². The Morgan fingerprint density at radius 3 is 1.79 bits per heavy atom. The number of hydrogen-bond acceptors (Lipinski definition) is 4. The second-order valence-corrected chi connectivity index (χ2v) is 20.1. The molecule has 0 unspecified atom stereocenters. The summed E-state index contributed by atoms with van der Waals surface area (Å²) in [5.74, 6) is 1.44. The maximum absolute atomic E-state index is 9.26. The van der Waals surface area contributed by atoms with Crippen LogP contribution in [0.2, 0.25) is 0 Å². The van der Waals surface area contributed by atoms with E-state index in [1.54, 1.807) is 16.8 Å². The van der Waals surface area contributed by atoms with Gasteiger partial charge in [-0.2, -0.15) is 12.1 Å². The van der Waals surface area contributed by atoms with Gasteiger partial charge < -0.3 is 23.7 Å². The molecule has 0 aliphatic carbocycles. The summed E-state index contributed by atoms with van der Waals surface area (Å²) in [6.45, 7) is 22.0. The molecule has 0 fully saturated rings. The maximum Gasteiger partial charge on any atom is 0.135 e. The second kappa shape index (κ2) is 16.3. The van der Waals surface area contributed by atoms with E-state index in [1.165, 1.54) is 11.1 Å². The smallest absolute Gasteiger partial charge is 0.135 e. The van der Waals surface area contributed by atoms with Crippen LogP contribution >= 0.6 is 0 Å². The molecule has 0 saturated heterocycles. The molecule has 11 rings (SSSR count). The largest absolute Gasteiger partial charge is 0.509 e. The molecule has 0 atom stereocenters. The summed E-state index contributed by atoms with van der Waals surface area (Å²) in [7, 11) is 0. The molecule has 0 spiro atoms. The fourth-order valence-corrected chi connectivity index (χ4v) is 8.99. The van der Waals surface area contributed by atoms with Gasteiger partial charge in [0.25, 0.3) is 0 Å². The summed E-state index contributed by atoms with van der Waals surface area (Å²) >= 11 is 0. The van der Waals surface area contributed by atoms with Crippen LogP contribution in [-0.4, -0.2) is 14.1 Å². The Bertz CT molecular complexity index is 3890. The van der Waals surface area contributed by atoms with Gasteiger partial charge in [-0.1, -0.05) is 134 Å². The fourth-order valence-electron chi connectivity index (χ4n) is 8.99. The van der Waals surface area contributed by atoms with Crippen molar-refractivity contribution in [3.63, 3.8) is 0 Å². The Morgan fingerprint density at radius 1 is 0.537 bits per heavy atom. The monoisotopic (exact) mass is 1060 g/mol. The Morgan fingerprint density at radius 2 is 1.13 bits per heavy atom. The Balaban J connectivity index is 0.00000641. The van der Waals surface area contributed by atoms with Gasteiger partial charge in [0.1, 0.15) is 5.82 Å². The average molecular weight is 1060 g/mol. The van der Waals surface area contributed by atoms with Crippen LogP contribution in [0.25, 0.3) is 55.1 Å². The van der Waals surface area contributed by atoms with E-state index >= 15 is 0 Å². The third kappa shape index (κ3) is 7.70. The minimum atomic E-state index is -0.500. The number of para-hydroxylation sites is 4. The molecule has 1 aliphatic heterocycles. The first kappa shape index (κ1) is 35.6. The molecule has 6 nitrogen and oxygen atoms in total. The average Bonchev–Trinajstić information content (AvgIpc) is 4.11. The van der Waals surface area contributed by atoms with Gasteiger partial charge in [0.05, 0.1) is 22.0 Å². The zero-order valence-electron chi connectivity index (χ0n) is 46.9. The summed E-state index contributed by atoms with van der Waals surface area (Å²) < 4.78 is 81.7. The van der Waals surface area contributed by atoms with Crippen molar-refractivity contribution in [1.82, 2.24) is 14.1 Å². The second-order valence-electron chi connectivity index (χ2n) is 20.1. The Hall–Kier alpha value is -6.62. The van der Waals surface area contributed by atoms with Crippen LogP contribution in [0, 0.1) is 18.8 Å². The molecule has 0 saturated carbocycles. The number of benzene rings is 7. The molecule has 3 aromatic heterocycles. The van der Waals surface area contributed by atoms with E-state index < -0.39 is 36.3 Å². The van der Waals surface area contributed by atoms with E-state index in [4.69, 9.17) is 17.9 Å². The van der Waals surface area contributed by atoms with Crippen LogP contribution in [0.5, 0.6) is 11.5 Å². The van der Waals surface area contributed by atoms with E-state index in [2.05, 4.69) is 127 Å². The molecule has 67 heavy (non-hydrogen) atoms. The zero-order valence-corrected chi connectivity index (χ0v) is 41.2. The third-order valence-corrected chi connectivity index (χ3v) is 12.6. The number of rotatable bonds is 6. The fraction of sp³-hybridized carbons (Fsp3) is 0.200. The molecule has 7 heteroatoms. The van der Waals surface area contributed by atoms with Crippen LogP contribution in [0.15, 0.2) is 158 Å². The van der Waals surface area contributed by atoms with E-state index in [1.807, 2.05) is 65.2 Å². The van der Waals surface area contributed by atoms with E-state index in [0.717, 1.165) is 28.3 Å². The summed E-state index contributed by atoms with van der Waals surface area (Å²) in [6, 6.07) is 38.0. The van der Waals surface area contributed by atoms with Gasteiger partial charge in [-0.25, -0.2) is 4.98 Å². The number of ether oxygens (including phenoxy) is 1. The molecule has 10 aromatic rings. The standard InChI is InChI=1S/C60H54N5O.Pt/c1-58(2,3)39-30-31-61-56(35-39)65-54-27-17-26-53(64-49-22-12-10-20-46(49)47-21-11-13-23-50(47)64)57(54)48-29-28-45(37-55(48)65)66-44-19-16-18-42(36-44)62-38-63(52-25-15-14-24-51(52)62)43-33-40(59(4,5)6)32-41(34-43)60(7,8)9;/h10-35,38H,1-9H3;/q-3;/i10D,11D,12D,13D,20D,21D,22D,23D;. The number of pyridine rings is 1. The topological polar surface area (TPSA) is 38.5 Å². The molecule has 0 bridgehead atoms. The molecular weight excluding hydrogens is 1000 g/mol. The van der Waals surface area contributed by atoms with Crippen molar-refractivity contribution in [2.45, 2.75) is 78.6 Å². The van der Waals surface area contributed by atoms with Crippen molar-refractivity contribution in [2.24, 2.45) is 0 Å². The Kier molecular flexibility index (Phi) is 8.66. The summed E-state index contributed by atoms with van der Waals surface area (Å²) in [5, 5.41) is 1.34. The van der Waals surface area contributed by atoms with Crippen molar-refractivity contribution in [2.75, 3.05) is 9.80 Å².